The van der Waals surface area contributed by atoms with Crippen LogP contribution in [0.2, 0.25) is 0 Å². The molecule has 8 heterocycles. The smallest absolute Gasteiger partial charge is 0.518 e. The summed E-state index contributed by atoms with van der Waals surface area (Å²) in [5.41, 5.74) is 12.7. The second-order valence-electron chi connectivity index (χ2n) is 25.0. The number of benzene rings is 8. The maximum Gasteiger partial charge on any atom is 2.00 e. The van der Waals surface area contributed by atoms with E-state index < -0.39 is 0 Å². The first kappa shape index (κ1) is 59.1. The van der Waals surface area contributed by atoms with E-state index in [4.69, 9.17) is 38.4 Å². The van der Waals surface area contributed by atoms with Gasteiger partial charge >= 0.3 is 42.1 Å². The number of fused-ring (bicyclic) bond motifs is 10. The first-order chi connectivity index (χ1) is 41.4. The van der Waals surface area contributed by atoms with Crippen LogP contribution in [0.25, 0.3) is 41.6 Å². The van der Waals surface area contributed by atoms with Gasteiger partial charge in [0.1, 0.15) is 23.0 Å². The molecule has 12 aromatic rings. The van der Waals surface area contributed by atoms with Gasteiger partial charge in [-0.3, -0.25) is 9.97 Å². The molecule has 0 N–H and O–H groups in total. The van der Waals surface area contributed by atoms with Crippen LogP contribution in [0.4, 0.5) is 0 Å². The maximum atomic E-state index is 6.61. The third kappa shape index (κ3) is 10.9. The van der Waals surface area contributed by atoms with Crippen molar-refractivity contribution in [1.29, 1.82) is 0 Å². The fourth-order valence-corrected chi connectivity index (χ4v) is 13.3. The number of rotatable bonds is 6. The topological polar surface area (TPSA) is 107 Å². The summed E-state index contributed by atoms with van der Waals surface area (Å²) in [4.78, 5) is 18.7. The van der Waals surface area contributed by atoms with Gasteiger partial charge in [-0.25, -0.2) is 9.97 Å². The van der Waals surface area contributed by atoms with Gasteiger partial charge in [-0.2, -0.15) is 22.7 Å². The van der Waals surface area contributed by atoms with E-state index in [1.165, 1.54) is 0 Å². The number of hydrogen-bond acceptors (Lipinski definition) is 12. The monoisotopic (exact) mass is 1550 g/mol. The predicted octanol–water partition coefficient (Wildman–Crippen LogP) is 14.8. The third-order valence-corrected chi connectivity index (χ3v) is 18.1. The van der Waals surface area contributed by atoms with E-state index in [0.29, 0.717) is 23.3 Å². The van der Waals surface area contributed by atoms with Gasteiger partial charge in [-0.15, -0.1) is 106 Å². The van der Waals surface area contributed by atoms with Crippen molar-refractivity contribution >= 4 is 89.3 Å². The SMILES string of the molecule is CC(C)(C)c1ccnc(Oc2[c-]c3c(cc2)Oc2cc(C(C)(C)C)cc4c2B3c2[c-]c(-c3nc5ccccc5s3)ccc2O4)c1.CC(C)(C)c1ccnc(Oc2[c-]c3c(cc2)Oc2cccc4c2B3c2[c-]c(-c3nc5ccccc5s3)ccc2O4)c1.[Pt+2].[Pt+2]. The molecule has 16 rings (SSSR count). The van der Waals surface area contributed by atoms with Crippen LogP contribution in [0.15, 0.2) is 164 Å². The predicted molar refractivity (Wildman–Crippen MR) is 346 cm³/mol. The molecule has 0 aliphatic carbocycles. The van der Waals surface area contributed by atoms with Gasteiger partial charge in [0, 0.05) is 89.4 Å². The van der Waals surface area contributed by atoms with Crippen LogP contribution in [-0.2, 0) is 58.4 Å². The van der Waals surface area contributed by atoms with Crippen LogP contribution in [0.5, 0.6) is 69.3 Å². The van der Waals surface area contributed by atoms with E-state index in [1.807, 2.05) is 127 Å². The molecule has 10 nitrogen and oxygen atoms in total. The molecule has 0 fully saturated rings. The van der Waals surface area contributed by atoms with Gasteiger partial charge in [0.25, 0.3) is 0 Å². The molecule has 0 spiro atoms. The zero-order chi connectivity index (χ0) is 58.8. The zero-order valence-electron chi connectivity index (χ0n) is 49.4. The summed E-state index contributed by atoms with van der Waals surface area (Å²) in [5.74, 6) is 8.32. The summed E-state index contributed by atoms with van der Waals surface area (Å²) in [6.07, 6.45) is 3.58. The van der Waals surface area contributed by atoms with Crippen molar-refractivity contribution < 1.29 is 70.6 Å². The molecule has 0 bridgehead atoms. The number of ether oxygens (including phenoxy) is 6. The molecule has 0 atom stereocenters. The molecule has 4 aromatic heterocycles. The molecule has 0 saturated heterocycles. The Kier molecular flexibility index (Phi) is 15.2. The average Bonchev–Trinajstić information content (AvgIpc) is 0.910. The van der Waals surface area contributed by atoms with Crippen LogP contribution >= 0.6 is 22.7 Å². The summed E-state index contributed by atoms with van der Waals surface area (Å²) in [5, 5.41) is 1.84. The average molecular weight is 1550 g/mol. The van der Waals surface area contributed by atoms with Crippen molar-refractivity contribution in [3.63, 3.8) is 0 Å². The van der Waals surface area contributed by atoms with Crippen LogP contribution in [-0.4, -0.2) is 33.4 Å². The maximum absolute atomic E-state index is 6.61. The largest absolute Gasteiger partial charge is 2.00 e. The Morgan fingerprint density at radius 3 is 1.19 bits per heavy atom. The number of hydrogen-bond donors (Lipinski definition) is 0. The van der Waals surface area contributed by atoms with Crippen molar-refractivity contribution in [1.82, 2.24) is 19.9 Å². The first-order valence-electron chi connectivity index (χ1n) is 28.7. The molecule has 88 heavy (non-hydrogen) atoms. The molecule has 4 aliphatic heterocycles. The minimum atomic E-state index is -0.219. The molecule has 0 amide bonds. The van der Waals surface area contributed by atoms with Crippen LogP contribution in [0.3, 0.4) is 0 Å². The molecular formula is C72H54B2N4O6Pt2S2. The molecule has 16 heteroatoms. The second kappa shape index (κ2) is 22.6. The van der Waals surface area contributed by atoms with Crippen LogP contribution in [0, 0.1) is 24.3 Å². The van der Waals surface area contributed by atoms with Crippen molar-refractivity contribution in [3.8, 4) is 90.4 Å². The standard InChI is InChI=1S/C38H31BN2O3S.C34H23BN2O3S.2Pt/c1-37(2,3)23-15-16-40-34(20-23)42-25-12-14-30-27(21-25)39-26-17-22(36-41-28-9-7-8-10-33(28)45-36)11-13-29(26)43-31-18-24(38(4,5)6)19-32(44-30)35(31)39;1-34(2,3)21-15-16-36-31(18-21)38-22-12-14-27-24(19-22)35-23-17-20(33-37-25-7-4-5-10-30(25)41-33)11-13-26(23)39-28-8-6-9-29(40-27)32(28)35;;/h7-16,18-20H,1-6H3;4-16,18H,1-3H3;;/q2*-2;2*+2. The minimum Gasteiger partial charge on any atom is -0.518 e. The fourth-order valence-electron chi connectivity index (χ4n) is 11.4. The Balaban J connectivity index is 0.000000159. The Bertz CT molecular complexity index is 4650. The Hall–Kier alpha value is -7.85. The van der Waals surface area contributed by atoms with E-state index in [0.717, 1.165) is 137 Å². The molecule has 8 aromatic carbocycles. The molecule has 0 saturated carbocycles. The van der Waals surface area contributed by atoms with Gasteiger partial charge in [-0.1, -0.05) is 92.6 Å². The van der Waals surface area contributed by atoms with Crippen molar-refractivity contribution in [2.75, 3.05) is 0 Å². The minimum absolute atomic E-state index is 0. The molecule has 0 radical (unpaired) electrons. The Morgan fingerprint density at radius 2 is 0.773 bits per heavy atom. The number of thiazole rings is 2. The van der Waals surface area contributed by atoms with E-state index in [9.17, 15) is 0 Å². The van der Waals surface area contributed by atoms with Crippen molar-refractivity contribution in [2.45, 2.75) is 78.6 Å². The molecule has 0 unspecified atom stereocenters. The molecule has 436 valence electrons. The number of nitrogens with zero attached hydrogens (tertiary/aromatic N) is 4. The first-order valence-corrected chi connectivity index (χ1v) is 30.3. The van der Waals surface area contributed by atoms with Gasteiger partial charge in [0.15, 0.2) is 0 Å². The summed E-state index contributed by atoms with van der Waals surface area (Å²) >= 11 is 3.33. The number of pyridine rings is 2. The number of para-hydroxylation sites is 2. The third-order valence-electron chi connectivity index (χ3n) is 16.0. The Labute approximate surface area is 549 Å². The van der Waals surface area contributed by atoms with Crippen LogP contribution < -0.4 is 61.2 Å². The van der Waals surface area contributed by atoms with Gasteiger partial charge in [-0.05, 0) is 93.6 Å². The van der Waals surface area contributed by atoms with Gasteiger partial charge in [0.2, 0.25) is 25.2 Å². The molecular weight excluding hydrogens is 1490 g/mol. The zero-order valence-corrected chi connectivity index (χ0v) is 55.6. The van der Waals surface area contributed by atoms with Crippen LogP contribution in [0.1, 0.15) is 79.0 Å². The van der Waals surface area contributed by atoms with E-state index in [-0.39, 0.29) is 71.8 Å². The Morgan fingerprint density at radius 1 is 0.386 bits per heavy atom. The van der Waals surface area contributed by atoms with Gasteiger partial charge < -0.3 is 28.4 Å². The summed E-state index contributed by atoms with van der Waals surface area (Å²) in [7, 11) is 0. The van der Waals surface area contributed by atoms with Gasteiger partial charge in [0.05, 0.1) is 11.0 Å². The van der Waals surface area contributed by atoms with E-state index in [2.05, 4.69) is 121 Å². The summed E-state index contributed by atoms with van der Waals surface area (Å²) in [6.45, 7) is 19.2. The summed E-state index contributed by atoms with van der Waals surface area (Å²) in [6, 6.07) is 64.9. The normalized spacial score (nSPS) is 13.0. The number of aromatic nitrogens is 4. The quantitative estimate of drug-likeness (QED) is 0.118. The molecule has 4 aliphatic rings. The van der Waals surface area contributed by atoms with E-state index in [1.54, 1.807) is 35.1 Å². The van der Waals surface area contributed by atoms with Crippen molar-refractivity contribution in [2.24, 2.45) is 0 Å². The second-order valence-corrected chi connectivity index (χ2v) is 27.1. The summed E-state index contributed by atoms with van der Waals surface area (Å²) < 4.78 is 40.8. The fraction of sp³-hybridized carbons (Fsp3) is 0.167. The van der Waals surface area contributed by atoms with Crippen molar-refractivity contribution in [3.05, 3.63) is 205 Å². The van der Waals surface area contributed by atoms with E-state index >= 15 is 0 Å².